The van der Waals surface area contributed by atoms with Crippen molar-refractivity contribution in [3.63, 3.8) is 0 Å². The summed E-state index contributed by atoms with van der Waals surface area (Å²) in [7, 11) is 0. The van der Waals surface area contributed by atoms with Gasteiger partial charge in [0.1, 0.15) is 0 Å². The normalized spacial score (nSPS) is 39.6. The van der Waals surface area contributed by atoms with Crippen molar-refractivity contribution in [3.05, 3.63) is 35.9 Å². The summed E-state index contributed by atoms with van der Waals surface area (Å²) in [6.45, 7) is 11.2. The highest BCUT2D eigenvalue weighted by atomic mass is 15.0. The Balaban J connectivity index is 0.000000457. The van der Waals surface area contributed by atoms with Crippen LogP contribution < -0.4 is 5.32 Å². The number of rotatable bonds is 1. The van der Waals surface area contributed by atoms with Gasteiger partial charge in [-0.05, 0) is 16.9 Å². The molecule has 0 radical (unpaired) electrons. The molecule has 2 aliphatic rings. The zero-order valence-electron chi connectivity index (χ0n) is 10.9. The second-order valence-corrected chi connectivity index (χ2v) is 5.08. The molecule has 3 rings (SSSR count). The fourth-order valence-corrected chi connectivity index (χ4v) is 3.61. The van der Waals surface area contributed by atoms with Crippen LogP contribution in [0.15, 0.2) is 30.3 Å². The Morgan fingerprint density at radius 1 is 1.12 bits per heavy atom. The Kier molecular flexibility index (Phi) is 2.83. The summed E-state index contributed by atoms with van der Waals surface area (Å²) in [4.78, 5) is 0. The second-order valence-electron chi connectivity index (χ2n) is 5.08. The van der Waals surface area contributed by atoms with Crippen molar-refractivity contribution in [3.8, 4) is 0 Å². The third kappa shape index (κ3) is 1.21. The third-order valence-corrected chi connectivity index (χ3v) is 4.82. The number of piperidine rings is 1. The lowest BCUT2D eigenvalue weighted by Gasteiger charge is -2.14. The van der Waals surface area contributed by atoms with Crippen molar-refractivity contribution in [2.24, 2.45) is 11.3 Å². The van der Waals surface area contributed by atoms with Crippen LogP contribution in [0.3, 0.4) is 0 Å². The lowest BCUT2D eigenvalue weighted by molar-refractivity contribution is 0.514. The van der Waals surface area contributed by atoms with Gasteiger partial charge in [-0.15, -0.1) is 0 Å². The van der Waals surface area contributed by atoms with Gasteiger partial charge < -0.3 is 5.32 Å². The lowest BCUT2D eigenvalue weighted by Crippen LogP contribution is -2.22. The summed E-state index contributed by atoms with van der Waals surface area (Å²) in [6, 6.07) is 11.0. The molecule has 88 valence electrons. The zero-order chi connectivity index (χ0) is 11.8. The maximum absolute atomic E-state index is 3.53. The minimum atomic E-state index is 0.439. The van der Waals surface area contributed by atoms with Gasteiger partial charge >= 0.3 is 0 Å². The molecule has 1 heterocycles. The van der Waals surface area contributed by atoms with Gasteiger partial charge in [0.05, 0.1) is 0 Å². The number of hydrogen-bond donors (Lipinski definition) is 1. The first-order chi connectivity index (χ1) is 7.72. The van der Waals surface area contributed by atoms with Crippen LogP contribution in [0.5, 0.6) is 0 Å². The summed E-state index contributed by atoms with van der Waals surface area (Å²) in [6.07, 6.45) is 0. The molecule has 16 heavy (non-hydrogen) atoms. The number of benzene rings is 1. The zero-order valence-corrected chi connectivity index (χ0v) is 10.9. The predicted molar refractivity (Wildman–Crippen MR) is 69.6 cm³/mol. The van der Waals surface area contributed by atoms with Gasteiger partial charge in [-0.2, -0.15) is 0 Å². The van der Waals surface area contributed by atoms with Crippen molar-refractivity contribution in [2.75, 3.05) is 13.1 Å². The molecule has 1 aromatic rings. The van der Waals surface area contributed by atoms with E-state index in [1.165, 1.54) is 12.1 Å². The van der Waals surface area contributed by atoms with E-state index in [4.69, 9.17) is 0 Å². The van der Waals surface area contributed by atoms with Gasteiger partial charge in [-0.25, -0.2) is 0 Å². The van der Waals surface area contributed by atoms with Crippen molar-refractivity contribution in [1.82, 2.24) is 5.32 Å². The quantitative estimate of drug-likeness (QED) is 0.761. The van der Waals surface area contributed by atoms with Crippen LogP contribution >= 0.6 is 0 Å². The maximum Gasteiger partial charge on any atom is 0.0178 e. The van der Waals surface area contributed by atoms with Crippen LogP contribution in [0.1, 0.15) is 33.3 Å². The van der Waals surface area contributed by atoms with Crippen LogP contribution in [0.4, 0.5) is 0 Å². The number of fused-ring (bicyclic) bond motifs is 1. The maximum atomic E-state index is 3.53. The summed E-state index contributed by atoms with van der Waals surface area (Å²) >= 11 is 0. The van der Waals surface area contributed by atoms with E-state index in [0.717, 1.165) is 12.5 Å². The summed E-state index contributed by atoms with van der Waals surface area (Å²) in [5.41, 5.74) is 2.47. The molecule has 1 saturated heterocycles. The van der Waals surface area contributed by atoms with Crippen molar-refractivity contribution in [2.45, 2.75) is 33.1 Å². The van der Waals surface area contributed by atoms with Gasteiger partial charge in [-0.1, -0.05) is 58.0 Å². The second kappa shape index (κ2) is 3.89. The predicted octanol–water partition coefficient (Wildman–Crippen LogP) is 3.21. The van der Waals surface area contributed by atoms with E-state index in [0.29, 0.717) is 10.8 Å². The molecule has 1 N–H and O–H groups in total. The van der Waals surface area contributed by atoms with E-state index in [9.17, 15) is 0 Å². The molecular formula is C15H23N. The van der Waals surface area contributed by atoms with Crippen molar-refractivity contribution in [1.29, 1.82) is 0 Å². The fraction of sp³-hybridized carbons (Fsp3) is 0.600. The summed E-state index contributed by atoms with van der Waals surface area (Å²) < 4.78 is 0. The van der Waals surface area contributed by atoms with Crippen LogP contribution in [0.25, 0.3) is 0 Å². The molecule has 0 amide bonds. The molecule has 3 atom stereocenters. The monoisotopic (exact) mass is 217 g/mol. The Morgan fingerprint density at radius 3 is 2.25 bits per heavy atom. The first-order valence-corrected chi connectivity index (χ1v) is 6.48. The average molecular weight is 217 g/mol. The van der Waals surface area contributed by atoms with Gasteiger partial charge in [-0.3, -0.25) is 0 Å². The van der Waals surface area contributed by atoms with Crippen LogP contribution in [0.2, 0.25) is 0 Å². The van der Waals surface area contributed by atoms with Crippen LogP contribution in [-0.2, 0) is 5.41 Å². The van der Waals surface area contributed by atoms with Crippen molar-refractivity contribution >= 4 is 0 Å². The molecule has 1 aliphatic carbocycles. The smallest absolute Gasteiger partial charge is 0.0178 e. The highest BCUT2D eigenvalue weighted by Crippen LogP contribution is 2.71. The molecule has 1 saturated carbocycles. The Labute approximate surface area is 99.3 Å². The first-order valence-electron chi connectivity index (χ1n) is 6.48. The standard InChI is InChI=1S/C13H17N.C2H6/c1-10-12(2)8-14-9-13(10,12)11-6-4-3-5-7-11;1-2/h3-7,10,14H,8-9H2,1-2H3;1-2H3. The van der Waals surface area contributed by atoms with Gasteiger partial charge in [0.15, 0.2) is 0 Å². The Morgan fingerprint density at radius 2 is 1.75 bits per heavy atom. The molecule has 1 aliphatic heterocycles. The first kappa shape index (κ1) is 11.7. The molecule has 2 fully saturated rings. The minimum Gasteiger partial charge on any atom is -0.315 e. The molecule has 0 bridgehead atoms. The Hall–Kier alpha value is -0.820. The van der Waals surface area contributed by atoms with E-state index < -0.39 is 0 Å². The van der Waals surface area contributed by atoms with E-state index >= 15 is 0 Å². The summed E-state index contributed by atoms with van der Waals surface area (Å²) in [5.74, 6) is 0.832. The molecule has 0 spiro atoms. The molecule has 3 unspecified atom stereocenters. The number of hydrogen-bond acceptors (Lipinski definition) is 1. The fourth-order valence-electron chi connectivity index (χ4n) is 3.61. The highest BCUT2D eigenvalue weighted by Gasteiger charge is 2.73. The molecule has 1 aromatic carbocycles. The topological polar surface area (TPSA) is 12.0 Å². The van der Waals surface area contributed by atoms with Gasteiger partial charge in [0.25, 0.3) is 0 Å². The molecule has 1 heteroatoms. The molecule has 0 aromatic heterocycles. The minimum absolute atomic E-state index is 0.439. The van der Waals surface area contributed by atoms with E-state index in [1.54, 1.807) is 0 Å². The van der Waals surface area contributed by atoms with Gasteiger partial charge in [0.2, 0.25) is 0 Å². The highest BCUT2D eigenvalue weighted by molar-refractivity contribution is 5.43. The third-order valence-electron chi connectivity index (χ3n) is 4.82. The van der Waals surface area contributed by atoms with Gasteiger partial charge in [0, 0.05) is 18.5 Å². The number of nitrogens with one attached hydrogen (secondary N) is 1. The van der Waals surface area contributed by atoms with E-state index in [-0.39, 0.29) is 0 Å². The SMILES string of the molecule is CC.CC1C2(C)CNCC12c1ccccc1. The Bertz CT molecular complexity index is 359. The average Bonchev–Trinajstić information content (AvgIpc) is 2.67. The largest absolute Gasteiger partial charge is 0.315 e. The van der Waals surface area contributed by atoms with E-state index in [1.807, 2.05) is 13.8 Å². The van der Waals surface area contributed by atoms with Crippen LogP contribution in [0, 0.1) is 11.3 Å². The molecular weight excluding hydrogens is 194 g/mol. The molecule has 1 nitrogen and oxygen atoms in total. The van der Waals surface area contributed by atoms with Crippen LogP contribution in [-0.4, -0.2) is 13.1 Å². The summed E-state index contributed by atoms with van der Waals surface area (Å²) in [5, 5.41) is 3.53. The van der Waals surface area contributed by atoms with Crippen molar-refractivity contribution < 1.29 is 0 Å². The lowest BCUT2D eigenvalue weighted by atomic mass is 9.89. The van der Waals surface area contributed by atoms with E-state index in [2.05, 4.69) is 49.5 Å².